The van der Waals surface area contributed by atoms with Crippen LogP contribution >= 0.6 is 0 Å². The van der Waals surface area contributed by atoms with E-state index >= 15 is 0 Å². The summed E-state index contributed by atoms with van der Waals surface area (Å²) in [6.07, 6.45) is 10.3. The minimum absolute atomic E-state index is 0.194. The molecular formula is C18H22FN3O2. The number of nitrogens with one attached hydrogen (secondary N) is 3. The summed E-state index contributed by atoms with van der Waals surface area (Å²) in [4.78, 5) is 10.4. The molecule has 0 aromatic heterocycles. The molecule has 1 rings (SSSR count). The number of carbonyl (C=O) groups is 1. The van der Waals surface area contributed by atoms with Gasteiger partial charge in [-0.3, -0.25) is 4.79 Å². The average Bonchev–Trinajstić information content (AvgIpc) is 2.76. The Morgan fingerprint density at radius 1 is 1.62 bits per heavy atom. The molecule has 0 aromatic rings. The topological polar surface area (TPSA) is 74.2 Å². The van der Waals surface area contributed by atoms with Gasteiger partial charge < -0.3 is 20.8 Å². The molecule has 1 atom stereocenters. The van der Waals surface area contributed by atoms with Gasteiger partial charge in [0.25, 0.3) is 0 Å². The lowest BCUT2D eigenvalue weighted by Crippen LogP contribution is -2.11. The van der Waals surface area contributed by atoms with E-state index in [9.17, 15) is 9.18 Å². The van der Waals surface area contributed by atoms with E-state index in [-0.39, 0.29) is 5.76 Å². The van der Waals surface area contributed by atoms with Gasteiger partial charge in [-0.15, -0.1) is 6.58 Å². The van der Waals surface area contributed by atoms with Gasteiger partial charge in [-0.25, -0.2) is 4.39 Å². The Morgan fingerprint density at radius 3 is 2.96 bits per heavy atom. The van der Waals surface area contributed by atoms with E-state index < -0.39 is 11.7 Å². The van der Waals surface area contributed by atoms with Gasteiger partial charge in [0.05, 0.1) is 5.92 Å². The van der Waals surface area contributed by atoms with Crippen LogP contribution in [0.4, 0.5) is 4.39 Å². The number of ether oxygens (including phenoxy) is 1. The summed E-state index contributed by atoms with van der Waals surface area (Å²) in [5, 5.41) is 13.1. The van der Waals surface area contributed by atoms with Crippen LogP contribution in [0.1, 0.15) is 13.3 Å². The number of hydrogen-bond donors (Lipinski definition) is 3. The largest absolute Gasteiger partial charge is 0.459 e. The third-order valence-electron chi connectivity index (χ3n) is 3.21. The number of allylic oxidation sites excluding steroid dienone is 5. The first kappa shape index (κ1) is 19.2. The lowest BCUT2D eigenvalue weighted by atomic mass is 10.1. The summed E-state index contributed by atoms with van der Waals surface area (Å²) in [7, 11) is 0. The minimum atomic E-state index is -0.713. The van der Waals surface area contributed by atoms with Gasteiger partial charge >= 0.3 is 0 Å². The summed E-state index contributed by atoms with van der Waals surface area (Å²) < 4.78 is 19.7. The van der Waals surface area contributed by atoms with Crippen molar-refractivity contribution in [1.82, 2.24) is 10.6 Å². The number of hydrogen-bond acceptors (Lipinski definition) is 4. The molecule has 1 amide bonds. The van der Waals surface area contributed by atoms with E-state index in [1.807, 2.05) is 6.08 Å². The Balaban J connectivity index is 2.89. The zero-order chi connectivity index (χ0) is 17.9. The predicted molar refractivity (Wildman–Crippen MR) is 93.6 cm³/mol. The zero-order valence-corrected chi connectivity index (χ0v) is 13.6. The van der Waals surface area contributed by atoms with Crippen molar-refractivity contribution < 1.29 is 13.9 Å². The van der Waals surface area contributed by atoms with Gasteiger partial charge in [0, 0.05) is 36.7 Å². The molecule has 1 aliphatic rings. The molecule has 0 saturated carbocycles. The van der Waals surface area contributed by atoms with Crippen molar-refractivity contribution in [2.24, 2.45) is 5.92 Å². The fourth-order valence-corrected chi connectivity index (χ4v) is 2.00. The van der Waals surface area contributed by atoms with Crippen LogP contribution in [-0.4, -0.2) is 19.2 Å². The molecule has 0 fully saturated rings. The molecule has 1 aliphatic heterocycles. The normalized spacial score (nSPS) is 18.3. The van der Waals surface area contributed by atoms with Gasteiger partial charge in [0.2, 0.25) is 6.41 Å². The number of halogens is 1. The Hall–Kier alpha value is -2.89. The maximum atomic E-state index is 14.2. The second kappa shape index (κ2) is 9.99. The monoisotopic (exact) mass is 331 g/mol. The van der Waals surface area contributed by atoms with Gasteiger partial charge in [-0.2, -0.15) is 0 Å². The maximum Gasteiger partial charge on any atom is 0.211 e. The van der Waals surface area contributed by atoms with Crippen LogP contribution in [0.5, 0.6) is 0 Å². The van der Waals surface area contributed by atoms with Crippen molar-refractivity contribution in [3.8, 4) is 0 Å². The standard InChI is InChI=1S/C18H22FN3O2/c1-4-6-16-9-14(11-20)18(7-8-21-16)24-13(3)17(19)10-15(5-2)22-12-23/h4-5,7,9-12,14,20-21H,1,3,6,8H2,2H3,(H,22,23)/b15-5+,17-10+,20-11?. The fraction of sp³-hybridized carbons (Fsp3) is 0.222. The van der Waals surface area contributed by atoms with E-state index in [0.29, 0.717) is 30.8 Å². The third-order valence-corrected chi connectivity index (χ3v) is 3.21. The van der Waals surface area contributed by atoms with Crippen molar-refractivity contribution in [1.29, 1.82) is 5.41 Å². The minimum Gasteiger partial charge on any atom is -0.459 e. The molecule has 1 unspecified atom stereocenters. The van der Waals surface area contributed by atoms with Crippen LogP contribution in [0.15, 0.2) is 72.3 Å². The first-order valence-electron chi connectivity index (χ1n) is 7.42. The lowest BCUT2D eigenvalue weighted by molar-refractivity contribution is -0.108. The highest BCUT2D eigenvalue weighted by Gasteiger charge is 2.17. The van der Waals surface area contributed by atoms with Gasteiger partial charge in [-0.05, 0) is 19.1 Å². The maximum absolute atomic E-state index is 14.2. The molecule has 3 N–H and O–H groups in total. The quantitative estimate of drug-likeness (QED) is 0.200. The molecule has 0 bridgehead atoms. The summed E-state index contributed by atoms with van der Waals surface area (Å²) in [6, 6.07) is 0. The van der Waals surface area contributed by atoms with Crippen LogP contribution < -0.4 is 10.6 Å². The SMILES string of the molecule is C=CCC1=CC(C=N)C(OC(=C)/C(F)=C\C(=C/C)NC=O)=CCN1. The Bertz CT molecular complexity index is 630. The summed E-state index contributed by atoms with van der Waals surface area (Å²) in [5.41, 5.74) is 1.21. The predicted octanol–water partition coefficient (Wildman–Crippen LogP) is 3.23. The average molecular weight is 331 g/mol. The van der Waals surface area contributed by atoms with E-state index in [0.717, 1.165) is 11.8 Å². The molecular weight excluding hydrogens is 309 g/mol. The number of amides is 1. The molecule has 128 valence electrons. The van der Waals surface area contributed by atoms with Gasteiger partial charge in [0.1, 0.15) is 5.76 Å². The van der Waals surface area contributed by atoms with Crippen molar-refractivity contribution in [3.63, 3.8) is 0 Å². The number of carbonyl (C=O) groups excluding carboxylic acids is 1. The Labute approximate surface area is 141 Å². The molecule has 24 heavy (non-hydrogen) atoms. The van der Waals surface area contributed by atoms with Crippen molar-refractivity contribution in [2.45, 2.75) is 13.3 Å². The van der Waals surface area contributed by atoms with Crippen LogP contribution in [0.2, 0.25) is 0 Å². The highest BCUT2D eigenvalue weighted by atomic mass is 19.1. The van der Waals surface area contributed by atoms with Gasteiger partial charge in [-0.1, -0.05) is 18.7 Å². The highest BCUT2D eigenvalue weighted by molar-refractivity contribution is 5.64. The summed E-state index contributed by atoms with van der Waals surface area (Å²) in [6.45, 7) is 9.41. The Kier molecular flexibility index (Phi) is 7.98. The molecule has 6 heteroatoms. The summed E-state index contributed by atoms with van der Waals surface area (Å²) >= 11 is 0. The van der Waals surface area contributed by atoms with E-state index in [4.69, 9.17) is 10.1 Å². The fourth-order valence-electron chi connectivity index (χ4n) is 2.00. The smallest absolute Gasteiger partial charge is 0.211 e. The van der Waals surface area contributed by atoms with Crippen LogP contribution in [-0.2, 0) is 9.53 Å². The second-order valence-electron chi connectivity index (χ2n) is 4.89. The van der Waals surface area contributed by atoms with E-state index in [2.05, 4.69) is 23.8 Å². The first-order valence-corrected chi connectivity index (χ1v) is 7.42. The third kappa shape index (κ3) is 5.72. The highest BCUT2D eigenvalue weighted by Crippen LogP contribution is 2.23. The zero-order valence-electron chi connectivity index (χ0n) is 13.6. The van der Waals surface area contributed by atoms with Crippen LogP contribution in [0.3, 0.4) is 0 Å². The van der Waals surface area contributed by atoms with E-state index in [1.54, 1.807) is 25.2 Å². The van der Waals surface area contributed by atoms with E-state index in [1.165, 1.54) is 6.21 Å². The molecule has 5 nitrogen and oxygen atoms in total. The molecule has 0 radical (unpaired) electrons. The molecule has 0 spiro atoms. The first-order chi connectivity index (χ1) is 11.5. The molecule has 0 saturated heterocycles. The van der Waals surface area contributed by atoms with Gasteiger partial charge in [0.15, 0.2) is 11.6 Å². The van der Waals surface area contributed by atoms with Crippen molar-refractivity contribution in [2.75, 3.05) is 6.54 Å². The van der Waals surface area contributed by atoms with Crippen LogP contribution in [0, 0.1) is 11.3 Å². The summed E-state index contributed by atoms with van der Waals surface area (Å²) in [5.74, 6) is -0.917. The molecule has 0 aliphatic carbocycles. The van der Waals surface area contributed by atoms with Crippen LogP contribution in [0.25, 0.3) is 0 Å². The Morgan fingerprint density at radius 2 is 2.38 bits per heavy atom. The van der Waals surface area contributed by atoms with Crippen molar-refractivity contribution in [3.05, 3.63) is 72.3 Å². The second-order valence-corrected chi connectivity index (χ2v) is 4.89. The lowest BCUT2D eigenvalue weighted by Gasteiger charge is -2.14. The molecule has 0 aromatic carbocycles. The molecule has 1 heterocycles. The number of rotatable bonds is 9. The van der Waals surface area contributed by atoms with Crippen molar-refractivity contribution >= 4 is 12.6 Å².